The van der Waals surface area contributed by atoms with Crippen molar-refractivity contribution in [3.05, 3.63) is 30.3 Å². The molecule has 0 aliphatic heterocycles. The molecular formula is C13H17N5OS. The molecule has 1 heterocycles. The number of rotatable bonds is 6. The fourth-order valence-corrected chi connectivity index (χ4v) is 2.29. The van der Waals surface area contributed by atoms with Gasteiger partial charge in [0.05, 0.1) is 6.61 Å². The molecule has 0 saturated carbocycles. The lowest BCUT2D eigenvalue weighted by Crippen LogP contribution is -2.01. The van der Waals surface area contributed by atoms with Crippen LogP contribution in [0.5, 0.6) is 5.75 Å². The van der Waals surface area contributed by atoms with Crippen molar-refractivity contribution in [2.24, 2.45) is 0 Å². The number of anilines is 3. The minimum absolute atomic E-state index is 0.387. The second-order valence-corrected chi connectivity index (χ2v) is 5.18. The molecule has 0 radical (unpaired) electrons. The molecule has 0 amide bonds. The standard InChI is InChI=1S/C13H17N5OS/c14-9-2-4-10(5-3-9)19-6-1-7-20-13-17-11(15)8-12(16)18-13/h2-5,8H,1,6-7,14H2,(H4,15,16,17,18). The second kappa shape index (κ2) is 6.85. The molecule has 0 aliphatic carbocycles. The highest BCUT2D eigenvalue weighted by atomic mass is 32.2. The van der Waals surface area contributed by atoms with E-state index in [4.69, 9.17) is 21.9 Å². The molecule has 0 atom stereocenters. The van der Waals surface area contributed by atoms with Gasteiger partial charge >= 0.3 is 0 Å². The molecule has 0 fully saturated rings. The van der Waals surface area contributed by atoms with E-state index < -0.39 is 0 Å². The zero-order valence-electron chi connectivity index (χ0n) is 11.0. The summed E-state index contributed by atoms with van der Waals surface area (Å²) in [5.74, 6) is 2.42. The topological polar surface area (TPSA) is 113 Å². The Bertz CT molecular complexity index is 541. The summed E-state index contributed by atoms with van der Waals surface area (Å²) in [5, 5.41) is 0.593. The largest absolute Gasteiger partial charge is 0.494 e. The quantitative estimate of drug-likeness (QED) is 0.322. The summed E-state index contributed by atoms with van der Waals surface area (Å²) in [7, 11) is 0. The van der Waals surface area contributed by atoms with E-state index in [1.807, 2.05) is 24.3 Å². The first kappa shape index (κ1) is 14.3. The van der Waals surface area contributed by atoms with E-state index in [1.165, 1.54) is 17.8 Å². The third-order valence-corrected chi connectivity index (χ3v) is 3.35. The number of ether oxygens (including phenoxy) is 1. The van der Waals surface area contributed by atoms with Crippen LogP contribution < -0.4 is 21.9 Å². The van der Waals surface area contributed by atoms with Crippen molar-refractivity contribution in [1.82, 2.24) is 9.97 Å². The van der Waals surface area contributed by atoms with Crippen molar-refractivity contribution in [3.8, 4) is 5.75 Å². The SMILES string of the molecule is Nc1ccc(OCCCSc2nc(N)cc(N)n2)cc1. The van der Waals surface area contributed by atoms with Gasteiger partial charge < -0.3 is 21.9 Å². The molecule has 2 aromatic rings. The maximum absolute atomic E-state index is 5.60. The predicted molar refractivity (Wildman–Crippen MR) is 82.5 cm³/mol. The molecule has 0 bridgehead atoms. The van der Waals surface area contributed by atoms with Crippen molar-refractivity contribution >= 4 is 29.1 Å². The first-order valence-electron chi connectivity index (χ1n) is 6.14. The summed E-state index contributed by atoms with van der Waals surface area (Å²) in [6.07, 6.45) is 0.868. The third-order valence-electron chi connectivity index (χ3n) is 2.41. The van der Waals surface area contributed by atoms with Gasteiger partial charge in [0.2, 0.25) is 0 Å². The Morgan fingerprint density at radius 3 is 2.30 bits per heavy atom. The monoisotopic (exact) mass is 291 g/mol. The van der Waals surface area contributed by atoms with Gasteiger partial charge in [0.25, 0.3) is 0 Å². The van der Waals surface area contributed by atoms with Crippen molar-refractivity contribution in [2.75, 3.05) is 29.6 Å². The van der Waals surface area contributed by atoms with Gasteiger partial charge in [0, 0.05) is 17.5 Å². The second-order valence-electron chi connectivity index (χ2n) is 4.12. The summed E-state index contributed by atoms with van der Waals surface area (Å²) in [4.78, 5) is 8.19. The minimum Gasteiger partial charge on any atom is -0.494 e. The zero-order chi connectivity index (χ0) is 14.4. The molecule has 20 heavy (non-hydrogen) atoms. The lowest BCUT2D eigenvalue weighted by molar-refractivity contribution is 0.319. The highest BCUT2D eigenvalue weighted by molar-refractivity contribution is 7.99. The van der Waals surface area contributed by atoms with Crippen LogP contribution in [0.15, 0.2) is 35.5 Å². The fraction of sp³-hybridized carbons (Fsp3) is 0.231. The van der Waals surface area contributed by atoms with Crippen molar-refractivity contribution < 1.29 is 4.74 Å². The summed E-state index contributed by atoms with van der Waals surface area (Å²) < 4.78 is 5.59. The van der Waals surface area contributed by atoms with E-state index in [-0.39, 0.29) is 0 Å². The minimum atomic E-state index is 0.387. The number of nitrogens with zero attached hydrogens (tertiary/aromatic N) is 2. The Kier molecular flexibility index (Phi) is 4.89. The lowest BCUT2D eigenvalue weighted by Gasteiger charge is -2.06. The first-order valence-corrected chi connectivity index (χ1v) is 7.13. The average Bonchev–Trinajstić information content (AvgIpc) is 2.39. The number of aromatic nitrogens is 2. The van der Waals surface area contributed by atoms with Gasteiger partial charge in [-0.2, -0.15) is 0 Å². The molecule has 0 unspecified atom stereocenters. The highest BCUT2D eigenvalue weighted by Crippen LogP contribution is 2.18. The highest BCUT2D eigenvalue weighted by Gasteiger charge is 2.01. The van der Waals surface area contributed by atoms with Crippen LogP contribution in [0.3, 0.4) is 0 Å². The number of nitrogen functional groups attached to an aromatic ring is 3. The van der Waals surface area contributed by atoms with Crippen LogP contribution in [0, 0.1) is 0 Å². The predicted octanol–water partition coefficient (Wildman–Crippen LogP) is 1.78. The molecule has 106 valence electrons. The van der Waals surface area contributed by atoms with Gasteiger partial charge in [0.1, 0.15) is 17.4 Å². The van der Waals surface area contributed by atoms with Gasteiger partial charge in [0.15, 0.2) is 5.16 Å². The summed E-state index contributed by atoms with van der Waals surface area (Å²) >= 11 is 1.50. The van der Waals surface area contributed by atoms with Crippen LogP contribution in [0.4, 0.5) is 17.3 Å². The number of hydrogen-bond donors (Lipinski definition) is 3. The van der Waals surface area contributed by atoms with Gasteiger partial charge in [-0.3, -0.25) is 0 Å². The Hall–Kier alpha value is -2.15. The summed E-state index contributed by atoms with van der Waals surface area (Å²) in [6.45, 7) is 0.620. The number of hydrogen-bond acceptors (Lipinski definition) is 7. The van der Waals surface area contributed by atoms with Crippen LogP contribution in [0.2, 0.25) is 0 Å². The molecule has 1 aromatic carbocycles. The van der Waals surface area contributed by atoms with E-state index in [2.05, 4.69) is 9.97 Å². The molecule has 6 nitrogen and oxygen atoms in total. The first-order chi connectivity index (χ1) is 9.63. The van der Waals surface area contributed by atoms with Crippen LogP contribution in [0.25, 0.3) is 0 Å². The molecule has 6 N–H and O–H groups in total. The molecule has 1 aromatic heterocycles. The van der Waals surface area contributed by atoms with Gasteiger partial charge in [-0.05, 0) is 30.7 Å². The zero-order valence-corrected chi connectivity index (χ0v) is 11.8. The van der Waals surface area contributed by atoms with Crippen LogP contribution in [0.1, 0.15) is 6.42 Å². The molecule has 7 heteroatoms. The number of nitrogens with two attached hydrogens (primary N) is 3. The summed E-state index contributed by atoms with van der Waals surface area (Å²) in [6, 6.07) is 8.86. The smallest absolute Gasteiger partial charge is 0.191 e. The maximum Gasteiger partial charge on any atom is 0.191 e. The molecule has 2 rings (SSSR count). The maximum atomic E-state index is 5.60. The lowest BCUT2D eigenvalue weighted by atomic mass is 10.3. The van der Waals surface area contributed by atoms with Gasteiger partial charge in [-0.15, -0.1) is 0 Å². The van der Waals surface area contributed by atoms with Crippen LogP contribution >= 0.6 is 11.8 Å². The van der Waals surface area contributed by atoms with Gasteiger partial charge in [-0.1, -0.05) is 11.8 Å². The van der Waals surface area contributed by atoms with E-state index >= 15 is 0 Å². The van der Waals surface area contributed by atoms with E-state index in [1.54, 1.807) is 0 Å². The molecule has 0 aliphatic rings. The molecule has 0 saturated heterocycles. The molecular weight excluding hydrogens is 274 g/mol. The number of thioether (sulfide) groups is 1. The Labute approximate surface area is 121 Å². The Morgan fingerprint density at radius 2 is 1.65 bits per heavy atom. The Morgan fingerprint density at radius 1 is 1.00 bits per heavy atom. The van der Waals surface area contributed by atoms with Crippen molar-refractivity contribution in [1.29, 1.82) is 0 Å². The van der Waals surface area contributed by atoms with Crippen LogP contribution in [-0.2, 0) is 0 Å². The van der Waals surface area contributed by atoms with Crippen molar-refractivity contribution in [3.63, 3.8) is 0 Å². The normalized spacial score (nSPS) is 10.4. The van der Waals surface area contributed by atoms with Gasteiger partial charge in [-0.25, -0.2) is 9.97 Å². The number of benzene rings is 1. The average molecular weight is 291 g/mol. The fourth-order valence-electron chi connectivity index (χ4n) is 1.50. The third kappa shape index (κ3) is 4.51. The van der Waals surface area contributed by atoms with Crippen molar-refractivity contribution in [2.45, 2.75) is 11.6 Å². The van der Waals surface area contributed by atoms with E-state index in [9.17, 15) is 0 Å². The molecule has 0 spiro atoms. The van der Waals surface area contributed by atoms with Crippen LogP contribution in [-0.4, -0.2) is 22.3 Å². The van der Waals surface area contributed by atoms with E-state index in [0.717, 1.165) is 23.6 Å². The Balaban J connectivity index is 1.70. The van der Waals surface area contributed by atoms with E-state index in [0.29, 0.717) is 23.4 Å². The summed E-state index contributed by atoms with van der Waals surface area (Å²) in [5.41, 5.74) is 17.5.